The van der Waals surface area contributed by atoms with Crippen LogP contribution in [0.4, 0.5) is 0 Å². The topological polar surface area (TPSA) is 101 Å². The molecule has 1 unspecified atom stereocenters. The summed E-state index contributed by atoms with van der Waals surface area (Å²) in [7, 11) is -2.88. The van der Waals surface area contributed by atoms with E-state index in [0.717, 1.165) is 5.56 Å². The van der Waals surface area contributed by atoms with Gasteiger partial charge in [-0.1, -0.05) is 37.3 Å². The molecule has 2 N–H and O–H groups in total. The SMILES string of the molecule is CC(C)NC(=O)CC(C)C(=O)O.CS(=O)(=O)Cc1ccccc1. The molecule has 6 nitrogen and oxygen atoms in total. The highest BCUT2D eigenvalue weighted by molar-refractivity contribution is 7.89. The molecule has 0 aliphatic carbocycles. The Morgan fingerprint density at radius 2 is 1.65 bits per heavy atom. The van der Waals surface area contributed by atoms with Crippen molar-refractivity contribution in [2.24, 2.45) is 5.92 Å². The van der Waals surface area contributed by atoms with Crippen LogP contribution in [0.25, 0.3) is 0 Å². The molecule has 1 amide bonds. The normalized spacial score (nSPS) is 12.0. The van der Waals surface area contributed by atoms with Gasteiger partial charge in [-0.05, 0) is 19.4 Å². The van der Waals surface area contributed by atoms with Gasteiger partial charge in [-0.3, -0.25) is 9.59 Å². The lowest BCUT2D eigenvalue weighted by Crippen LogP contribution is -2.32. The van der Waals surface area contributed by atoms with Crippen LogP contribution in [-0.4, -0.2) is 37.7 Å². The minimum Gasteiger partial charge on any atom is -0.481 e. The molecule has 23 heavy (non-hydrogen) atoms. The number of hydrogen-bond donors (Lipinski definition) is 2. The zero-order chi connectivity index (χ0) is 18.0. The van der Waals surface area contributed by atoms with Crippen molar-refractivity contribution in [3.8, 4) is 0 Å². The zero-order valence-electron chi connectivity index (χ0n) is 13.9. The molecule has 0 saturated heterocycles. The molecule has 0 spiro atoms. The van der Waals surface area contributed by atoms with E-state index in [0.29, 0.717) is 0 Å². The second-order valence-electron chi connectivity index (χ2n) is 5.72. The van der Waals surface area contributed by atoms with Gasteiger partial charge >= 0.3 is 5.97 Å². The van der Waals surface area contributed by atoms with E-state index in [9.17, 15) is 18.0 Å². The van der Waals surface area contributed by atoms with Crippen molar-refractivity contribution in [1.82, 2.24) is 5.32 Å². The summed E-state index contributed by atoms with van der Waals surface area (Å²) < 4.78 is 21.6. The van der Waals surface area contributed by atoms with Crippen LogP contribution in [0.2, 0.25) is 0 Å². The number of carboxylic acids is 1. The van der Waals surface area contributed by atoms with Crippen LogP contribution in [0.3, 0.4) is 0 Å². The number of benzene rings is 1. The van der Waals surface area contributed by atoms with Crippen molar-refractivity contribution in [3.63, 3.8) is 0 Å². The maximum atomic E-state index is 11.0. The highest BCUT2D eigenvalue weighted by Gasteiger charge is 2.15. The van der Waals surface area contributed by atoms with Crippen LogP contribution in [-0.2, 0) is 25.2 Å². The molecule has 0 heterocycles. The third kappa shape index (κ3) is 12.3. The minimum absolute atomic E-state index is 0.0491. The number of carboxylic acid groups (broad SMARTS) is 1. The Balaban J connectivity index is 0.000000422. The Morgan fingerprint density at radius 1 is 1.13 bits per heavy atom. The van der Waals surface area contributed by atoms with Crippen LogP contribution in [0.15, 0.2) is 30.3 Å². The lowest BCUT2D eigenvalue weighted by molar-refractivity contribution is -0.143. The Hall–Kier alpha value is -1.89. The third-order valence-electron chi connectivity index (χ3n) is 2.63. The summed E-state index contributed by atoms with van der Waals surface area (Å²) in [5.41, 5.74) is 0.843. The van der Waals surface area contributed by atoms with Crippen molar-refractivity contribution in [1.29, 1.82) is 0 Å². The van der Waals surface area contributed by atoms with E-state index in [1.54, 1.807) is 12.1 Å². The Labute approximate surface area is 137 Å². The van der Waals surface area contributed by atoms with Crippen molar-refractivity contribution < 1.29 is 23.1 Å². The first-order valence-corrected chi connectivity index (χ1v) is 9.31. The van der Waals surface area contributed by atoms with E-state index in [2.05, 4.69) is 5.32 Å². The number of sulfone groups is 1. The molecule has 0 aliphatic rings. The average Bonchev–Trinajstić information content (AvgIpc) is 2.37. The number of aliphatic carboxylic acids is 1. The first-order valence-electron chi connectivity index (χ1n) is 7.25. The summed E-state index contributed by atoms with van der Waals surface area (Å²) >= 11 is 0. The number of rotatable bonds is 6. The van der Waals surface area contributed by atoms with E-state index in [1.165, 1.54) is 13.2 Å². The van der Waals surface area contributed by atoms with Gasteiger partial charge in [0.05, 0.1) is 11.7 Å². The molecule has 0 aromatic heterocycles. The van der Waals surface area contributed by atoms with E-state index in [1.807, 2.05) is 32.0 Å². The highest BCUT2D eigenvalue weighted by Crippen LogP contribution is 2.03. The average molecular weight is 343 g/mol. The number of nitrogens with one attached hydrogen (secondary N) is 1. The largest absolute Gasteiger partial charge is 0.481 e. The Kier molecular flexibility index (Phi) is 9.17. The first-order chi connectivity index (χ1) is 10.5. The summed E-state index contributed by atoms with van der Waals surface area (Å²) in [4.78, 5) is 21.3. The second kappa shape index (κ2) is 9.99. The van der Waals surface area contributed by atoms with Crippen LogP contribution in [0.1, 0.15) is 32.8 Å². The molecule has 1 rings (SSSR count). The maximum Gasteiger partial charge on any atom is 0.306 e. The predicted octanol–water partition coefficient (Wildman–Crippen LogP) is 1.85. The second-order valence-corrected chi connectivity index (χ2v) is 7.86. The fraction of sp³-hybridized carbons (Fsp3) is 0.500. The van der Waals surface area contributed by atoms with Crippen LogP contribution >= 0.6 is 0 Å². The monoisotopic (exact) mass is 343 g/mol. The van der Waals surface area contributed by atoms with Gasteiger partial charge in [0, 0.05) is 18.7 Å². The maximum absolute atomic E-state index is 11.0. The molecule has 0 fully saturated rings. The smallest absolute Gasteiger partial charge is 0.306 e. The Bertz CT molecular complexity index is 596. The minimum atomic E-state index is -2.88. The van der Waals surface area contributed by atoms with Gasteiger partial charge in [-0.2, -0.15) is 0 Å². The predicted molar refractivity (Wildman–Crippen MR) is 89.7 cm³/mol. The van der Waals surface area contributed by atoms with E-state index < -0.39 is 21.7 Å². The van der Waals surface area contributed by atoms with Crippen molar-refractivity contribution in [3.05, 3.63) is 35.9 Å². The number of hydrogen-bond acceptors (Lipinski definition) is 4. The molecule has 0 saturated carbocycles. The van der Waals surface area contributed by atoms with Crippen molar-refractivity contribution in [2.75, 3.05) is 6.26 Å². The lowest BCUT2D eigenvalue weighted by atomic mass is 10.1. The molecular formula is C16H25NO5S. The summed E-state index contributed by atoms with van der Waals surface area (Å²) in [6.45, 7) is 5.19. The molecule has 0 bridgehead atoms. The summed E-state index contributed by atoms with van der Waals surface area (Å²) in [5, 5.41) is 11.1. The molecule has 1 aromatic rings. The third-order valence-corrected chi connectivity index (χ3v) is 3.49. The van der Waals surface area contributed by atoms with E-state index in [-0.39, 0.29) is 24.1 Å². The number of carbonyl (C=O) groups excluding carboxylic acids is 1. The van der Waals surface area contributed by atoms with Gasteiger partial charge in [-0.25, -0.2) is 8.42 Å². The van der Waals surface area contributed by atoms with Gasteiger partial charge in [-0.15, -0.1) is 0 Å². The molecule has 0 radical (unpaired) electrons. The molecule has 0 aliphatic heterocycles. The fourth-order valence-electron chi connectivity index (χ4n) is 1.62. The molecule has 7 heteroatoms. The van der Waals surface area contributed by atoms with Gasteiger partial charge in [0.15, 0.2) is 9.84 Å². The summed E-state index contributed by atoms with van der Waals surface area (Å²) in [6.07, 6.45) is 1.29. The van der Waals surface area contributed by atoms with Gasteiger partial charge in [0.2, 0.25) is 5.91 Å². The van der Waals surface area contributed by atoms with E-state index in [4.69, 9.17) is 5.11 Å². The molecular weight excluding hydrogens is 318 g/mol. The lowest BCUT2D eigenvalue weighted by Gasteiger charge is -2.09. The van der Waals surface area contributed by atoms with E-state index >= 15 is 0 Å². The standard InChI is InChI=1S/C8H15NO3.C8H10O2S/c1-5(2)9-7(10)4-6(3)8(11)12;1-11(9,10)7-8-5-3-2-4-6-8/h5-6H,4H2,1-3H3,(H,9,10)(H,11,12);2-6H,7H2,1H3. The highest BCUT2D eigenvalue weighted by atomic mass is 32.2. The number of amides is 1. The molecule has 1 aromatic carbocycles. The first kappa shape index (κ1) is 21.1. The molecule has 1 atom stereocenters. The van der Waals surface area contributed by atoms with Crippen LogP contribution in [0.5, 0.6) is 0 Å². The Morgan fingerprint density at radius 3 is 2.04 bits per heavy atom. The van der Waals surface area contributed by atoms with Gasteiger partial charge < -0.3 is 10.4 Å². The fourth-order valence-corrected chi connectivity index (χ4v) is 2.42. The van der Waals surface area contributed by atoms with Gasteiger partial charge in [0.1, 0.15) is 0 Å². The van der Waals surface area contributed by atoms with Crippen molar-refractivity contribution >= 4 is 21.7 Å². The quantitative estimate of drug-likeness (QED) is 0.821. The van der Waals surface area contributed by atoms with Crippen LogP contribution < -0.4 is 5.32 Å². The molecule has 130 valence electrons. The summed E-state index contributed by atoms with van der Waals surface area (Å²) in [6, 6.07) is 9.22. The summed E-state index contributed by atoms with van der Waals surface area (Å²) in [5.74, 6) is -1.62. The van der Waals surface area contributed by atoms with Gasteiger partial charge in [0.25, 0.3) is 0 Å². The number of carbonyl (C=O) groups is 2. The van der Waals surface area contributed by atoms with Crippen molar-refractivity contribution in [2.45, 2.75) is 39.0 Å². The zero-order valence-corrected chi connectivity index (χ0v) is 14.8. The van der Waals surface area contributed by atoms with Crippen LogP contribution in [0, 0.1) is 5.92 Å².